The van der Waals surface area contributed by atoms with Gasteiger partial charge in [0, 0.05) is 11.4 Å². The molecule has 0 bridgehead atoms. The van der Waals surface area contributed by atoms with Crippen molar-refractivity contribution in [1.82, 2.24) is 24.4 Å². The Kier molecular flexibility index (Phi) is 4.80. The maximum absolute atomic E-state index is 13.7. The quantitative estimate of drug-likeness (QED) is 0.399. The van der Waals surface area contributed by atoms with Crippen LogP contribution in [0.5, 0.6) is 0 Å². The number of anilines is 2. The Bertz CT molecular complexity index is 1420. The van der Waals surface area contributed by atoms with E-state index in [0.29, 0.717) is 34.2 Å². The number of carbonyl (C=O) groups is 2. The van der Waals surface area contributed by atoms with Crippen LogP contribution in [0.25, 0.3) is 21.9 Å². The molecule has 0 unspecified atom stereocenters. The van der Waals surface area contributed by atoms with Crippen LogP contribution >= 0.6 is 15.9 Å². The largest absolute Gasteiger partial charge is 0.383 e. The lowest BCUT2D eigenvalue weighted by molar-refractivity contribution is -0.138. The molecule has 2 aliphatic rings. The lowest BCUT2D eigenvalue weighted by Crippen LogP contribution is -2.46. The van der Waals surface area contributed by atoms with Gasteiger partial charge in [0.25, 0.3) is 0 Å². The Hall–Kier alpha value is -3.53. The van der Waals surface area contributed by atoms with Gasteiger partial charge in [0.15, 0.2) is 0 Å². The predicted molar refractivity (Wildman–Crippen MR) is 132 cm³/mol. The second kappa shape index (κ2) is 7.76. The summed E-state index contributed by atoms with van der Waals surface area (Å²) in [6.07, 6.45) is 3.02. The lowest BCUT2D eigenvalue weighted by atomic mass is 10.1. The van der Waals surface area contributed by atoms with Crippen LogP contribution in [0, 0.1) is 12.8 Å². The van der Waals surface area contributed by atoms with Gasteiger partial charge in [-0.25, -0.2) is 15.0 Å². The summed E-state index contributed by atoms with van der Waals surface area (Å²) < 4.78 is 2.52. The summed E-state index contributed by atoms with van der Waals surface area (Å²) in [5.74, 6) is 0.893. The van der Waals surface area contributed by atoms with E-state index < -0.39 is 6.04 Å². The van der Waals surface area contributed by atoms with Crippen molar-refractivity contribution >= 4 is 61.3 Å². The number of likely N-dealkylation sites (tertiary alicyclic amines) is 1. The van der Waals surface area contributed by atoms with Crippen molar-refractivity contribution in [2.45, 2.75) is 38.4 Å². The Morgan fingerprint density at radius 1 is 1.15 bits per heavy atom. The fourth-order valence-electron chi connectivity index (χ4n) is 5.26. The normalized spacial score (nSPS) is 21.1. The Morgan fingerprint density at radius 3 is 2.79 bits per heavy atom. The third-order valence-corrected chi connectivity index (χ3v) is 7.30. The van der Waals surface area contributed by atoms with E-state index in [-0.39, 0.29) is 24.4 Å². The second-order valence-corrected chi connectivity index (χ2v) is 9.78. The molecule has 0 radical (unpaired) electrons. The van der Waals surface area contributed by atoms with E-state index in [0.717, 1.165) is 28.3 Å². The zero-order chi connectivity index (χ0) is 23.6. The summed E-state index contributed by atoms with van der Waals surface area (Å²) in [6, 6.07) is 10.8. The number of piperidine rings is 1. The van der Waals surface area contributed by atoms with Crippen LogP contribution in [-0.4, -0.2) is 48.3 Å². The number of pyridine rings is 1. The lowest BCUT2D eigenvalue weighted by Gasteiger charge is -2.27. The minimum Gasteiger partial charge on any atom is -0.383 e. The summed E-state index contributed by atoms with van der Waals surface area (Å²) >= 11 is 3.32. The Morgan fingerprint density at radius 2 is 1.97 bits per heavy atom. The van der Waals surface area contributed by atoms with Crippen LogP contribution in [0.4, 0.5) is 11.6 Å². The molecule has 2 fully saturated rings. The van der Waals surface area contributed by atoms with E-state index in [1.165, 1.54) is 6.33 Å². The zero-order valence-corrected chi connectivity index (χ0v) is 20.0. The van der Waals surface area contributed by atoms with Gasteiger partial charge in [-0.3, -0.25) is 9.59 Å². The monoisotopic (exact) mass is 519 g/mol. The van der Waals surface area contributed by atoms with E-state index in [4.69, 9.17) is 5.73 Å². The highest BCUT2D eigenvalue weighted by atomic mass is 79.9. The highest BCUT2D eigenvalue weighted by molar-refractivity contribution is 9.10. The van der Waals surface area contributed by atoms with Crippen LogP contribution < -0.4 is 11.1 Å². The molecule has 0 spiro atoms. The average molecular weight is 520 g/mol. The Labute approximate surface area is 203 Å². The number of aromatic nitrogens is 4. The van der Waals surface area contributed by atoms with Gasteiger partial charge in [-0.1, -0.05) is 18.2 Å². The minimum atomic E-state index is -0.522. The zero-order valence-electron chi connectivity index (χ0n) is 18.4. The molecular formula is C24H22BrN7O2. The van der Waals surface area contributed by atoms with Gasteiger partial charge < -0.3 is 20.5 Å². The van der Waals surface area contributed by atoms with Crippen molar-refractivity contribution in [1.29, 1.82) is 0 Å². The smallest absolute Gasteiger partial charge is 0.248 e. The number of rotatable bonds is 4. The molecule has 172 valence electrons. The third kappa shape index (κ3) is 3.32. The molecule has 6 rings (SSSR count). The highest BCUT2D eigenvalue weighted by Crippen LogP contribution is 2.48. The van der Waals surface area contributed by atoms with Crippen LogP contribution in [0.15, 0.2) is 47.3 Å². The maximum Gasteiger partial charge on any atom is 0.248 e. The molecule has 2 amide bonds. The van der Waals surface area contributed by atoms with Crippen LogP contribution in [0.2, 0.25) is 0 Å². The molecular weight excluding hydrogens is 498 g/mol. The predicted octanol–water partition coefficient (Wildman–Crippen LogP) is 3.26. The molecule has 1 aromatic carbocycles. The Balaban J connectivity index is 1.33. The topological polar surface area (TPSA) is 119 Å². The van der Waals surface area contributed by atoms with Gasteiger partial charge in [-0.15, -0.1) is 0 Å². The second-order valence-electron chi connectivity index (χ2n) is 8.96. The summed E-state index contributed by atoms with van der Waals surface area (Å²) in [4.78, 5) is 41.4. The van der Waals surface area contributed by atoms with E-state index in [1.54, 1.807) is 23.1 Å². The average Bonchev–Trinajstić information content (AvgIpc) is 3.34. The third-order valence-electron chi connectivity index (χ3n) is 6.86. The molecule has 4 aromatic rings. The molecule has 34 heavy (non-hydrogen) atoms. The molecule has 4 heterocycles. The number of benzene rings is 1. The van der Waals surface area contributed by atoms with Crippen molar-refractivity contribution in [3.63, 3.8) is 0 Å². The number of hydrogen-bond donors (Lipinski definition) is 2. The summed E-state index contributed by atoms with van der Waals surface area (Å²) in [5.41, 5.74) is 8.75. The molecule has 10 heteroatoms. The van der Waals surface area contributed by atoms with Crippen LogP contribution in [-0.2, 0) is 16.1 Å². The number of fused-ring (bicyclic) bond motifs is 4. The van der Waals surface area contributed by atoms with Crippen LogP contribution in [0.3, 0.4) is 0 Å². The fourth-order valence-corrected chi connectivity index (χ4v) is 5.61. The van der Waals surface area contributed by atoms with Gasteiger partial charge >= 0.3 is 0 Å². The number of nitrogens with zero attached hydrogens (tertiary/aromatic N) is 5. The van der Waals surface area contributed by atoms with Crippen molar-refractivity contribution in [3.05, 3.63) is 52.9 Å². The summed E-state index contributed by atoms with van der Waals surface area (Å²) in [6.45, 7) is 2.08. The number of nitrogens with two attached hydrogens (primary N) is 1. The molecule has 1 saturated carbocycles. The number of nitrogens with one attached hydrogen (secondary N) is 1. The number of carbonyl (C=O) groups excluding carboxylic acids is 2. The highest BCUT2D eigenvalue weighted by Gasteiger charge is 2.56. The summed E-state index contributed by atoms with van der Waals surface area (Å²) in [7, 11) is 0. The van der Waals surface area contributed by atoms with Gasteiger partial charge in [-0.05, 0) is 65.4 Å². The molecule has 1 saturated heterocycles. The van der Waals surface area contributed by atoms with Gasteiger partial charge in [0.05, 0.1) is 10.9 Å². The first-order valence-corrected chi connectivity index (χ1v) is 11.9. The number of halogens is 1. The fraction of sp³-hybridized carbons (Fsp3) is 0.292. The van der Waals surface area contributed by atoms with Gasteiger partial charge in [0.1, 0.15) is 40.8 Å². The number of amides is 2. The van der Waals surface area contributed by atoms with Crippen molar-refractivity contribution in [2.24, 2.45) is 5.92 Å². The molecule has 3 N–H and O–H groups in total. The number of aryl methyl sites for hydroxylation is 1. The molecule has 1 aliphatic carbocycles. The minimum absolute atomic E-state index is 0.0715. The first-order valence-electron chi connectivity index (χ1n) is 11.1. The number of nitrogen functional groups attached to an aromatic ring is 1. The van der Waals surface area contributed by atoms with E-state index in [9.17, 15) is 9.59 Å². The first kappa shape index (κ1) is 21.0. The van der Waals surface area contributed by atoms with Gasteiger partial charge in [-0.2, -0.15) is 0 Å². The SMILES string of the molecule is Cc1cccc2c1c1c(N)ncnc1n2CC(=O)N1[C@@H]2C[C@@H]2C[C@H]1C(=O)Nc1cccc(Br)n1. The summed E-state index contributed by atoms with van der Waals surface area (Å²) in [5, 5.41) is 4.57. The van der Waals surface area contributed by atoms with E-state index >= 15 is 0 Å². The molecule has 9 nitrogen and oxygen atoms in total. The van der Waals surface area contributed by atoms with E-state index in [2.05, 4.69) is 36.2 Å². The molecule has 1 aliphatic heterocycles. The van der Waals surface area contributed by atoms with Crippen molar-refractivity contribution in [2.75, 3.05) is 11.1 Å². The standard InChI is InChI=1S/C24H22BrN7O2/c1-12-4-2-5-14-20(12)21-22(26)27-11-28-23(21)31(14)10-19(33)32-15-8-13(15)9-16(32)24(34)30-18-7-3-6-17(25)29-18/h2-7,11,13,15-16H,8-10H2,1H3,(H2,26,27,28)(H,29,30,34)/t13-,15-,16+/m1/s1. The molecule has 3 atom stereocenters. The number of hydrogen-bond acceptors (Lipinski definition) is 6. The van der Waals surface area contributed by atoms with Crippen molar-refractivity contribution in [3.8, 4) is 0 Å². The molecule has 3 aromatic heterocycles. The maximum atomic E-state index is 13.7. The van der Waals surface area contributed by atoms with Crippen LogP contribution in [0.1, 0.15) is 18.4 Å². The van der Waals surface area contributed by atoms with Crippen molar-refractivity contribution < 1.29 is 9.59 Å². The van der Waals surface area contributed by atoms with E-state index in [1.807, 2.05) is 29.7 Å². The first-order chi connectivity index (χ1) is 16.4. The van der Waals surface area contributed by atoms with Gasteiger partial charge in [0.2, 0.25) is 11.8 Å².